The third-order valence-electron chi connectivity index (χ3n) is 6.27. The second-order valence-corrected chi connectivity index (χ2v) is 8.62. The molecule has 1 aromatic heterocycles. The van der Waals surface area contributed by atoms with E-state index in [9.17, 15) is 4.79 Å². The summed E-state index contributed by atoms with van der Waals surface area (Å²) in [5.41, 5.74) is 6.39. The van der Waals surface area contributed by atoms with E-state index in [0.717, 1.165) is 27.9 Å². The van der Waals surface area contributed by atoms with Gasteiger partial charge < -0.3 is 14.4 Å². The van der Waals surface area contributed by atoms with Gasteiger partial charge in [-0.05, 0) is 44.0 Å². The molecule has 1 unspecified atom stereocenters. The second-order valence-electron chi connectivity index (χ2n) is 8.62. The van der Waals surface area contributed by atoms with Gasteiger partial charge in [0.05, 0.1) is 24.9 Å². The highest BCUT2D eigenvalue weighted by atomic mass is 16.5. The van der Waals surface area contributed by atoms with Crippen LogP contribution in [0.3, 0.4) is 0 Å². The lowest BCUT2D eigenvalue weighted by Crippen LogP contribution is -2.29. The van der Waals surface area contributed by atoms with Crippen LogP contribution in [-0.4, -0.2) is 34.2 Å². The lowest BCUT2D eigenvalue weighted by atomic mass is 9.95. The minimum absolute atomic E-state index is 0.0629. The third kappa shape index (κ3) is 4.28. The van der Waals surface area contributed by atoms with E-state index in [-0.39, 0.29) is 11.9 Å². The number of aromatic amines is 1. The van der Waals surface area contributed by atoms with E-state index < -0.39 is 0 Å². The Morgan fingerprint density at radius 2 is 1.63 bits per heavy atom. The summed E-state index contributed by atoms with van der Waals surface area (Å²) in [5, 5.41) is 7.60. The van der Waals surface area contributed by atoms with Crippen molar-refractivity contribution in [2.75, 3.05) is 13.2 Å². The lowest BCUT2D eigenvalue weighted by molar-refractivity contribution is 0.0729. The second kappa shape index (κ2) is 9.66. The van der Waals surface area contributed by atoms with Crippen molar-refractivity contribution in [2.45, 2.75) is 33.4 Å². The molecule has 2 heterocycles. The Labute approximate surface area is 205 Å². The Kier molecular flexibility index (Phi) is 6.27. The number of aromatic nitrogens is 2. The molecule has 1 atom stereocenters. The maximum atomic E-state index is 13.7. The molecule has 1 aliphatic rings. The number of nitrogens with one attached hydrogen (secondary N) is 1. The molecule has 0 saturated heterocycles. The van der Waals surface area contributed by atoms with Crippen molar-refractivity contribution >= 4 is 5.91 Å². The number of hydrogen-bond acceptors (Lipinski definition) is 4. The van der Waals surface area contributed by atoms with E-state index in [0.29, 0.717) is 37.0 Å². The van der Waals surface area contributed by atoms with Crippen molar-refractivity contribution in [1.82, 2.24) is 15.1 Å². The number of ether oxygens (including phenoxy) is 2. The van der Waals surface area contributed by atoms with Gasteiger partial charge in [0.25, 0.3) is 5.91 Å². The zero-order valence-electron chi connectivity index (χ0n) is 20.2. The van der Waals surface area contributed by atoms with Gasteiger partial charge in [-0.1, -0.05) is 66.2 Å². The van der Waals surface area contributed by atoms with Crippen LogP contribution in [0.1, 0.15) is 52.6 Å². The summed E-state index contributed by atoms with van der Waals surface area (Å²) in [5.74, 6) is 1.31. The fourth-order valence-electron chi connectivity index (χ4n) is 4.65. The van der Waals surface area contributed by atoms with Crippen LogP contribution < -0.4 is 9.47 Å². The van der Waals surface area contributed by atoms with Gasteiger partial charge >= 0.3 is 0 Å². The summed E-state index contributed by atoms with van der Waals surface area (Å²) < 4.78 is 11.7. The Hall–Kier alpha value is -4.06. The van der Waals surface area contributed by atoms with Crippen LogP contribution in [0.5, 0.6) is 11.5 Å². The standard InChI is InChI=1S/C29H29N3O3/c1-4-34-23-16-15-22(17-24(23)35-5-2)28-25-26(21-9-7-6-8-10-21)30-31-27(25)29(33)32(28)18-20-13-11-19(3)12-14-20/h6-17,28H,4-5,18H2,1-3H3,(H,30,31). The number of carbonyl (C=O) groups is 1. The highest BCUT2D eigenvalue weighted by molar-refractivity contribution is 6.00. The minimum atomic E-state index is -0.317. The largest absolute Gasteiger partial charge is 0.490 e. The molecular formula is C29H29N3O3. The molecular weight excluding hydrogens is 438 g/mol. The fraction of sp³-hybridized carbons (Fsp3) is 0.241. The molecule has 178 valence electrons. The molecule has 0 spiro atoms. The summed E-state index contributed by atoms with van der Waals surface area (Å²) in [6.45, 7) is 7.51. The van der Waals surface area contributed by atoms with E-state index >= 15 is 0 Å². The lowest BCUT2D eigenvalue weighted by Gasteiger charge is -2.27. The predicted octanol–water partition coefficient (Wildman–Crippen LogP) is 5.93. The van der Waals surface area contributed by atoms with Crippen LogP contribution >= 0.6 is 0 Å². The SMILES string of the molecule is CCOc1ccc(C2c3c(-c4ccccc4)n[nH]c3C(=O)N2Cc2ccc(C)cc2)cc1OCC. The number of nitrogens with zero attached hydrogens (tertiary/aromatic N) is 2. The van der Waals surface area contributed by atoms with Gasteiger partial charge in [-0.15, -0.1) is 0 Å². The van der Waals surface area contributed by atoms with Crippen LogP contribution in [-0.2, 0) is 6.54 Å². The van der Waals surface area contributed by atoms with Gasteiger partial charge in [0.1, 0.15) is 5.69 Å². The van der Waals surface area contributed by atoms with Crippen LogP contribution in [0.2, 0.25) is 0 Å². The molecule has 1 amide bonds. The van der Waals surface area contributed by atoms with Gasteiger partial charge in [0, 0.05) is 17.7 Å². The first-order valence-corrected chi connectivity index (χ1v) is 12.0. The number of H-pyrrole nitrogens is 1. The van der Waals surface area contributed by atoms with E-state index in [1.807, 2.05) is 67.3 Å². The molecule has 0 radical (unpaired) electrons. The molecule has 0 aliphatic carbocycles. The first kappa shape index (κ1) is 22.7. The third-order valence-corrected chi connectivity index (χ3v) is 6.27. The minimum Gasteiger partial charge on any atom is -0.490 e. The Morgan fingerprint density at radius 3 is 2.34 bits per heavy atom. The molecule has 0 bridgehead atoms. The van der Waals surface area contributed by atoms with E-state index in [1.165, 1.54) is 5.56 Å². The number of benzene rings is 3. The molecule has 5 rings (SSSR count). The summed E-state index contributed by atoms with van der Waals surface area (Å²) in [4.78, 5) is 15.6. The van der Waals surface area contributed by atoms with Crippen molar-refractivity contribution in [3.63, 3.8) is 0 Å². The quantitative estimate of drug-likeness (QED) is 0.349. The molecule has 4 aromatic rings. The van der Waals surface area contributed by atoms with Gasteiger partial charge in [-0.3, -0.25) is 9.89 Å². The van der Waals surface area contributed by atoms with Crippen molar-refractivity contribution < 1.29 is 14.3 Å². The number of amides is 1. The average Bonchev–Trinajstić information content (AvgIpc) is 3.42. The molecule has 0 saturated carbocycles. The molecule has 3 aromatic carbocycles. The Balaban J connectivity index is 1.64. The highest BCUT2D eigenvalue weighted by Crippen LogP contribution is 2.45. The first-order valence-electron chi connectivity index (χ1n) is 12.0. The molecule has 1 N–H and O–H groups in total. The maximum absolute atomic E-state index is 13.7. The predicted molar refractivity (Wildman–Crippen MR) is 136 cm³/mol. The summed E-state index contributed by atoms with van der Waals surface area (Å²) in [6, 6.07) is 23.9. The van der Waals surface area contributed by atoms with E-state index in [2.05, 4.69) is 41.4 Å². The molecule has 6 nitrogen and oxygen atoms in total. The number of carbonyl (C=O) groups excluding carboxylic acids is 1. The van der Waals surface area contributed by atoms with Crippen molar-refractivity contribution in [3.05, 3.63) is 101 Å². The number of hydrogen-bond donors (Lipinski definition) is 1. The zero-order valence-corrected chi connectivity index (χ0v) is 20.2. The van der Waals surface area contributed by atoms with E-state index in [1.54, 1.807) is 0 Å². The fourth-order valence-corrected chi connectivity index (χ4v) is 4.65. The average molecular weight is 468 g/mol. The molecule has 6 heteroatoms. The van der Waals surface area contributed by atoms with Gasteiger partial charge in [-0.25, -0.2) is 0 Å². The number of fused-ring (bicyclic) bond motifs is 1. The smallest absolute Gasteiger partial charge is 0.273 e. The molecule has 35 heavy (non-hydrogen) atoms. The number of rotatable bonds is 8. The van der Waals surface area contributed by atoms with Crippen LogP contribution in [0.4, 0.5) is 0 Å². The normalized spacial score (nSPS) is 14.8. The van der Waals surface area contributed by atoms with Crippen molar-refractivity contribution in [3.8, 4) is 22.8 Å². The topological polar surface area (TPSA) is 67.5 Å². The van der Waals surface area contributed by atoms with Gasteiger partial charge in [0.2, 0.25) is 0 Å². The Bertz CT molecular complexity index is 1330. The monoisotopic (exact) mass is 467 g/mol. The molecule has 1 aliphatic heterocycles. The number of aryl methyl sites for hydroxylation is 1. The van der Waals surface area contributed by atoms with Gasteiger partial charge in [-0.2, -0.15) is 5.10 Å². The highest BCUT2D eigenvalue weighted by Gasteiger charge is 2.42. The van der Waals surface area contributed by atoms with Crippen LogP contribution in [0.15, 0.2) is 72.8 Å². The zero-order chi connectivity index (χ0) is 24.4. The van der Waals surface area contributed by atoms with E-state index in [4.69, 9.17) is 9.47 Å². The summed E-state index contributed by atoms with van der Waals surface area (Å²) >= 11 is 0. The first-order chi connectivity index (χ1) is 17.1. The summed E-state index contributed by atoms with van der Waals surface area (Å²) in [7, 11) is 0. The maximum Gasteiger partial charge on any atom is 0.273 e. The van der Waals surface area contributed by atoms with Crippen molar-refractivity contribution in [1.29, 1.82) is 0 Å². The van der Waals surface area contributed by atoms with Crippen LogP contribution in [0, 0.1) is 6.92 Å². The summed E-state index contributed by atoms with van der Waals surface area (Å²) in [6.07, 6.45) is 0. The molecule has 0 fully saturated rings. The van der Waals surface area contributed by atoms with Crippen molar-refractivity contribution in [2.24, 2.45) is 0 Å². The van der Waals surface area contributed by atoms with Crippen LogP contribution in [0.25, 0.3) is 11.3 Å². The Morgan fingerprint density at radius 1 is 0.914 bits per heavy atom. The van der Waals surface area contributed by atoms with Gasteiger partial charge in [0.15, 0.2) is 11.5 Å².